The molecule has 1 saturated heterocycles. The van der Waals surface area contributed by atoms with E-state index in [-0.39, 0.29) is 24.2 Å². The number of carbonyl (C=O) groups excluding carboxylic acids is 1. The van der Waals surface area contributed by atoms with Gasteiger partial charge >= 0.3 is 0 Å². The maximum absolute atomic E-state index is 13.6. The maximum Gasteiger partial charge on any atom is 0.227 e. The molecule has 3 heterocycles. The Kier molecular flexibility index (Phi) is 5.61. The van der Waals surface area contributed by atoms with Gasteiger partial charge in [0.2, 0.25) is 5.91 Å². The van der Waals surface area contributed by atoms with Crippen LogP contribution in [0.5, 0.6) is 0 Å². The Morgan fingerprint density at radius 2 is 2.10 bits per heavy atom. The molecule has 0 bridgehead atoms. The van der Waals surface area contributed by atoms with Crippen molar-refractivity contribution in [1.82, 2.24) is 20.0 Å². The zero-order valence-corrected chi connectivity index (χ0v) is 17.5. The van der Waals surface area contributed by atoms with Crippen LogP contribution in [-0.2, 0) is 11.2 Å². The molecule has 1 atom stereocenters. The van der Waals surface area contributed by atoms with Gasteiger partial charge in [0, 0.05) is 18.3 Å². The molecule has 0 radical (unpaired) electrons. The third kappa shape index (κ3) is 3.97. The highest BCUT2D eigenvalue weighted by atomic mass is 19.1. The number of carbonyl (C=O) groups is 1. The summed E-state index contributed by atoms with van der Waals surface area (Å²) in [7, 11) is 0. The summed E-state index contributed by atoms with van der Waals surface area (Å²) in [6, 6.07) is 6.03. The van der Waals surface area contributed by atoms with Gasteiger partial charge in [0.05, 0.1) is 29.4 Å². The van der Waals surface area contributed by atoms with Crippen molar-refractivity contribution in [3.8, 4) is 11.3 Å². The topological polar surface area (TPSA) is 72.1 Å². The van der Waals surface area contributed by atoms with Gasteiger partial charge in [0.15, 0.2) is 5.76 Å². The average molecular weight is 408 g/mol. The van der Waals surface area contributed by atoms with Crippen LogP contribution in [0.4, 0.5) is 4.39 Å². The molecular weight excluding hydrogens is 383 g/mol. The van der Waals surface area contributed by atoms with E-state index in [2.05, 4.69) is 10.1 Å². The molecule has 1 amide bonds. The van der Waals surface area contributed by atoms with Crippen molar-refractivity contribution in [3.05, 3.63) is 64.6 Å². The lowest BCUT2D eigenvalue weighted by atomic mass is 9.94. The van der Waals surface area contributed by atoms with Gasteiger partial charge in [-0.05, 0) is 57.7 Å². The lowest BCUT2D eigenvalue weighted by molar-refractivity contribution is -0.134. The van der Waals surface area contributed by atoms with E-state index in [9.17, 15) is 9.18 Å². The van der Waals surface area contributed by atoms with Gasteiger partial charge in [0.25, 0.3) is 0 Å². The normalized spacial score (nSPS) is 16.7. The molecule has 7 heteroatoms. The molecule has 1 aliphatic heterocycles. The predicted molar refractivity (Wildman–Crippen MR) is 110 cm³/mol. The minimum atomic E-state index is -0.333. The van der Waals surface area contributed by atoms with Crippen molar-refractivity contribution in [2.75, 3.05) is 6.54 Å². The van der Waals surface area contributed by atoms with Gasteiger partial charge in [-0.1, -0.05) is 17.3 Å². The summed E-state index contributed by atoms with van der Waals surface area (Å²) in [5.41, 5.74) is 3.99. The molecule has 156 valence electrons. The first-order chi connectivity index (χ1) is 14.4. The van der Waals surface area contributed by atoms with Crippen LogP contribution in [0, 0.1) is 26.6 Å². The Bertz CT molecular complexity index is 1080. The van der Waals surface area contributed by atoms with E-state index in [0.29, 0.717) is 23.7 Å². The summed E-state index contributed by atoms with van der Waals surface area (Å²) < 4.78 is 19.2. The lowest BCUT2D eigenvalue weighted by Gasteiger charge is -2.36. The third-order valence-corrected chi connectivity index (χ3v) is 5.72. The van der Waals surface area contributed by atoms with E-state index in [0.717, 1.165) is 41.8 Å². The molecule has 30 heavy (non-hydrogen) atoms. The summed E-state index contributed by atoms with van der Waals surface area (Å²) in [5, 5.41) is 4.07. The summed E-state index contributed by atoms with van der Waals surface area (Å²) >= 11 is 0. The number of hydrogen-bond donors (Lipinski definition) is 0. The number of piperidine rings is 1. The first kappa shape index (κ1) is 20.2. The standard InChI is InChI=1S/C23H25FN4O2/c1-14-15(2)27-30-23(14)19-13-25-16(3)26-22(19)20-9-4-5-10-28(20)21(29)12-17-7-6-8-18(24)11-17/h6-8,11,13,20H,4-5,9-10,12H2,1-3H3/t20-/m0/s1. The largest absolute Gasteiger partial charge is 0.356 e. The summed E-state index contributed by atoms with van der Waals surface area (Å²) in [4.78, 5) is 24.2. The van der Waals surface area contributed by atoms with Gasteiger partial charge in [0.1, 0.15) is 11.6 Å². The van der Waals surface area contributed by atoms with Crippen molar-refractivity contribution >= 4 is 5.91 Å². The molecule has 1 aromatic carbocycles. The minimum absolute atomic E-state index is 0.0296. The first-order valence-electron chi connectivity index (χ1n) is 10.2. The number of nitrogens with zero attached hydrogens (tertiary/aromatic N) is 4. The van der Waals surface area contributed by atoms with E-state index in [1.54, 1.807) is 18.3 Å². The molecule has 0 aliphatic carbocycles. The highest BCUT2D eigenvalue weighted by Crippen LogP contribution is 2.37. The molecular formula is C23H25FN4O2. The Hall–Kier alpha value is -3.09. The SMILES string of the molecule is Cc1ncc(-c2onc(C)c2C)c([C@@H]2CCCCN2C(=O)Cc2cccc(F)c2)n1. The molecule has 0 spiro atoms. The third-order valence-electron chi connectivity index (χ3n) is 5.72. The molecule has 4 rings (SSSR count). The van der Waals surface area contributed by atoms with Crippen molar-refractivity contribution < 1.29 is 13.7 Å². The van der Waals surface area contributed by atoms with E-state index in [1.807, 2.05) is 25.7 Å². The van der Waals surface area contributed by atoms with E-state index < -0.39 is 0 Å². The van der Waals surface area contributed by atoms with Gasteiger partial charge in [-0.25, -0.2) is 14.4 Å². The van der Waals surface area contributed by atoms with E-state index in [4.69, 9.17) is 9.51 Å². The fourth-order valence-corrected chi connectivity index (χ4v) is 4.02. The molecule has 6 nitrogen and oxygen atoms in total. The van der Waals surface area contributed by atoms with E-state index >= 15 is 0 Å². The molecule has 2 aromatic heterocycles. The summed E-state index contributed by atoms with van der Waals surface area (Å²) in [6.45, 7) is 6.34. The number of hydrogen-bond acceptors (Lipinski definition) is 5. The van der Waals surface area contributed by atoms with Crippen LogP contribution >= 0.6 is 0 Å². The second-order valence-corrected chi connectivity index (χ2v) is 7.84. The minimum Gasteiger partial charge on any atom is -0.356 e. The fraction of sp³-hybridized carbons (Fsp3) is 0.391. The van der Waals surface area contributed by atoms with Crippen LogP contribution in [0.1, 0.15) is 53.6 Å². The molecule has 3 aromatic rings. The van der Waals surface area contributed by atoms with E-state index in [1.165, 1.54) is 12.1 Å². The van der Waals surface area contributed by atoms with Crippen molar-refractivity contribution in [2.24, 2.45) is 0 Å². The average Bonchev–Trinajstić information content (AvgIpc) is 3.06. The number of amides is 1. The Morgan fingerprint density at radius 3 is 2.83 bits per heavy atom. The van der Waals surface area contributed by atoms with Crippen LogP contribution in [0.15, 0.2) is 35.0 Å². The molecule has 1 aliphatic rings. The Balaban J connectivity index is 1.70. The number of aryl methyl sites for hydroxylation is 2. The number of benzene rings is 1. The van der Waals surface area contributed by atoms with Crippen molar-refractivity contribution in [2.45, 2.75) is 52.5 Å². The Labute approximate surface area is 175 Å². The second-order valence-electron chi connectivity index (χ2n) is 7.84. The van der Waals surface area contributed by atoms with Crippen LogP contribution in [-0.4, -0.2) is 32.5 Å². The second kappa shape index (κ2) is 8.34. The van der Waals surface area contributed by atoms with Gasteiger partial charge in [-0.2, -0.15) is 0 Å². The molecule has 0 unspecified atom stereocenters. The Morgan fingerprint density at radius 1 is 1.27 bits per heavy atom. The first-order valence-corrected chi connectivity index (χ1v) is 10.2. The van der Waals surface area contributed by atoms with Crippen LogP contribution in [0.2, 0.25) is 0 Å². The monoisotopic (exact) mass is 408 g/mol. The predicted octanol–water partition coefficient (Wildman–Crippen LogP) is 4.49. The summed E-state index contributed by atoms with van der Waals surface area (Å²) in [5.74, 6) is 0.926. The quantitative estimate of drug-likeness (QED) is 0.636. The smallest absolute Gasteiger partial charge is 0.227 e. The van der Waals surface area contributed by atoms with Gasteiger partial charge in [-0.15, -0.1) is 0 Å². The maximum atomic E-state index is 13.6. The number of likely N-dealkylation sites (tertiary alicyclic amines) is 1. The van der Waals surface area contributed by atoms with Gasteiger partial charge < -0.3 is 9.42 Å². The zero-order valence-electron chi connectivity index (χ0n) is 17.5. The zero-order chi connectivity index (χ0) is 21.3. The molecule has 0 saturated carbocycles. The number of halogens is 1. The highest BCUT2D eigenvalue weighted by molar-refractivity contribution is 5.80. The van der Waals surface area contributed by atoms with Gasteiger partial charge in [-0.3, -0.25) is 4.79 Å². The van der Waals surface area contributed by atoms with Crippen LogP contribution < -0.4 is 0 Å². The van der Waals surface area contributed by atoms with Crippen molar-refractivity contribution in [3.63, 3.8) is 0 Å². The fourth-order valence-electron chi connectivity index (χ4n) is 4.02. The lowest BCUT2D eigenvalue weighted by Crippen LogP contribution is -2.40. The van der Waals surface area contributed by atoms with Crippen LogP contribution in [0.3, 0.4) is 0 Å². The highest BCUT2D eigenvalue weighted by Gasteiger charge is 2.32. The molecule has 0 N–H and O–H groups in total. The van der Waals surface area contributed by atoms with Crippen LogP contribution in [0.25, 0.3) is 11.3 Å². The van der Waals surface area contributed by atoms with Crippen molar-refractivity contribution in [1.29, 1.82) is 0 Å². The number of aromatic nitrogens is 3. The summed E-state index contributed by atoms with van der Waals surface area (Å²) in [6.07, 6.45) is 4.67. The molecule has 1 fully saturated rings. The number of rotatable bonds is 4.